The summed E-state index contributed by atoms with van der Waals surface area (Å²) in [6.07, 6.45) is 0.0492. The lowest BCUT2D eigenvalue weighted by molar-refractivity contribution is -0.134. The molecule has 0 aliphatic rings. The molecule has 0 fully saturated rings. The molecule has 3 N–H and O–H groups in total. The Morgan fingerprint density at radius 3 is 2.62 bits per heavy atom. The number of pyridine rings is 1. The molecule has 2 aromatic rings. The van der Waals surface area contributed by atoms with Crippen LogP contribution in [0, 0.1) is 0 Å². The smallest absolute Gasteiger partial charge is 0.412 e. The summed E-state index contributed by atoms with van der Waals surface area (Å²) in [5, 5.41) is 10.4. The first-order valence-corrected chi connectivity index (χ1v) is 7.86. The number of hydrogen-bond acceptors (Lipinski definition) is 8. The number of anilines is 2. The van der Waals surface area contributed by atoms with Crippen LogP contribution in [0.25, 0.3) is 0 Å². The number of methoxy groups -OCH3 is 1. The topological polar surface area (TPSA) is 128 Å². The maximum Gasteiger partial charge on any atom is 0.412 e. The van der Waals surface area contributed by atoms with Crippen molar-refractivity contribution in [2.75, 3.05) is 18.2 Å². The minimum atomic E-state index is -0.775. The molecule has 0 spiro atoms. The molecule has 9 heteroatoms. The molecule has 0 saturated carbocycles. The van der Waals surface area contributed by atoms with Crippen molar-refractivity contribution in [3.8, 4) is 5.75 Å². The van der Waals surface area contributed by atoms with E-state index in [9.17, 15) is 9.59 Å². The van der Waals surface area contributed by atoms with Crippen LogP contribution in [-0.4, -0.2) is 24.2 Å². The van der Waals surface area contributed by atoms with E-state index in [1.807, 2.05) is 25.1 Å². The van der Waals surface area contributed by atoms with E-state index >= 15 is 0 Å². The maximum atomic E-state index is 11.8. The zero-order valence-electron chi connectivity index (χ0n) is 14.4. The maximum absolute atomic E-state index is 11.8. The number of nitrogens with two attached hydrogens (primary N) is 1. The lowest BCUT2D eigenvalue weighted by atomic mass is 10.3. The average Bonchev–Trinajstić information content (AvgIpc) is 2.63. The second kappa shape index (κ2) is 9.11. The van der Waals surface area contributed by atoms with E-state index in [2.05, 4.69) is 25.3 Å². The van der Waals surface area contributed by atoms with Crippen LogP contribution < -0.4 is 15.8 Å². The van der Waals surface area contributed by atoms with Gasteiger partial charge in [-0.25, -0.2) is 9.78 Å². The number of carbonyl (C=O) groups is 2. The molecule has 1 aromatic heterocycles. The highest BCUT2D eigenvalue weighted by Crippen LogP contribution is 2.33. The summed E-state index contributed by atoms with van der Waals surface area (Å²) in [6.45, 7) is 1.84. The van der Waals surface area contributed by atoms with Crippen molar-refractivity contribution in [1.29, 1.82) is 0 Å². The van der Waals surface area contributed by atoms with Crippen LogP contribution in [0.1, 0.15) is 19.8 Å². The Labute approximate surface area is 150 Å². The van der Waals surface area contributed by atoms with Crippen LogP contribution in [0.4, 0.5) is 27.8 Å². The van der Waals surface area contributed by atoms with Crippen molar-refractivity contribution in [2.24, 2.45) is 10.2 Å². The molecule has 1 heterocycles. The molecule has 0 radical (unpaired) electrons. The number of hydrogen-bond donors (Lipinski definition) is 2. The molecule has 2 rings (SSSR count). The van der Waals surface area contributed by atoms with Crippen molar-refractivity contribution in [3.05, 3.63) is 36.4 Å². The Kier molecular flexibility index (Phi) is 6.60. The number of carbonyl (C=O) groups excluding carboxylic acids is 2. The Morgan fingerprint density at radius 1 is 1.23 bits per heavy atom. The molecule has 0 saturated heterocycles. The van der Waals surface area contributed by atoms with Crippen LogP contribution in [0.3, 0.4) is 0 Å². The number of nitrogen functional groups attached to an aromatic ring is 1. The highest BCUT2D eigenvalue weighted by molar-refractivity contribution is 5.87. The molecule has 0 atom stereocenters. The molecule has 0 bridgehead atoms. The minimum absolute atomic E-state index is 0.00469. The van der Waals surface area contributed by atoms with Gasteiger partial charge in [0.15, 0.2) is 17.4 Å². The fraction of sp³-hybridized carbons (Fsp3) is 0.235. The van der Waals surface area contributed by atoms with Crippen LogP contribution in [-0.2, 0) is 9.53 Å². The summed E-state index contributed by atoms with van der Waals surface area (Å²) in [7, 11) is 1.20. The Morgan fingerprint density at radius 2 is 1.96 bits per heavy atom. The number of azo groups is 1. The number of benzene rings is 1. The number of aromatic nitrogens is 1. The largest absolute Gasteiger partial charge is 0.453 e. The van der Waals surface area contributed by atoms with Gasteiger partial charge < -0.3 is 15.2 Å². The molecule has 1 amide bonds. The molecule has 26 heavy (non-hydrogen) atoms. The number of rotatable bonds is 6. The standard InChI is InChI=1S/C17H19N5O4/c1-3-7-14(23)26-13-10-12(22-21-11-8-5-4-6-9-11)15(18)19-16(13)20-17(24)25-2/h4-6,8-10H,3,7H2,1-2H3,(H3,18,19,20,24). The van der Waals surface area contributed by atoms with Gasteiger partial charge in [0.1, 0.15) is 5.69 Å². The predicted octanol–water partition coefficient (Wildman–Crippen LogP) is 3.96. The third-order valence-corrected chi connectivity index (χ3v) is 3.11. The second-order valence-corrected chi connectivity index (χ2v) is 5.12. The summed E-state index contributed by atoms with van der Waals surface area (Å²) in [6, 6.07) is 10.4. The van der Waals surface area contributed by atoms with Crippen LogP contribution in [0.5, 0.6) is 5.75 Å². The zero-order valence-corrected chi connectivity index (χ0v) is 14.4. The van der Waals surface area contributed by atoms with E-state index in [4.69, 9.17) is 10.5 Å². The highest BCUT2D eigenvalue weighted by atomic mass is 16.5. The van der Waals surface area contributed by atoms with Crippen molar-refractivity contribution in [2.45, 2.75) is 19.8 Å². The monoisotopic (exact) mass is 357 g/mol. The Bertz CT molecular complexity index is 808. The fourth-order valence-electron chi connectivity index (χ4n) is 1.88. The SMILES string of the molecule is CCCC(=O)Oc1cc(N=Nc2ccccc2)c(N)nc1NC(=O)OC. The molecular formula is C17H19N5O4. The number of nitrogens with one attached hydrogen (secondary N) is 1. The van der Waals surface area contributed by atoms with Gasteiger partial charge in [0.25, 0.3) is 0 Å². The Balaban J connectivity index is 2.35. The van der Waals surface area contributed by atoms with Crippen LogP contribution in [0.15, 0.2) is 46.6 Å². The quantitative estimate of drug-likeness (QED) is 0.594. The van der Waals surface area contributed by atoms with Gasteiger partial charge in [-0.05, 0) is 18.6 Å². The van der Waals surface area contributed by atoms with E-state index in [1.165, 1.54) is 13.2 Å². The first-order valence-electron chi connectivity index (χ1n) is 7.86. The molecule has 1 aromatic carbocycles. The van der Waals surface area contributed by atoms with E-state index in [0.717, 1.165) is 0 Å². The lowest BCUT2D eigenvalue weighted by Crippen LogP contribution is -2.16. The predicted molar refractivity (Wildman–Crippen MR) is 95.8 cm³/mol. The Hall–Kier alpha value is -3.49. The summed E-state index contributed by atoms with van der Waals surface area (Å²) < 4.78 is 9.77. The molecule has 136 valence electrons. The van der Waals surface area contributed by atoms with E-state index in [1.54, 1.807) is 12.1 Å². The third kappa shape index (κ3) is 5.26. The van der Waals surface area contributed by atoms with Gasteiger partial charge in [-0.1, -0.05) is 25.1 Å². The van der Waals surface area contributed by atoms with Gasteiger partial charge in [0.05, 0.1) is 12.8 Å². The van der Waals surface area contributed by atoms with Gasteiger partial charge in [0.2, 0.25) is 0 Å². The van der Waals surface area contributed by atoms with Gasteiger partial charge in [-0.3, -0.25) is 10.1 Å². The number of amides is 1. The highest BCUT2D eigenvalue weighted by Gasteiger charge is 2.17. The van der Waals surface area contributed by atoms with Gasteiger partial charge in [-0.2, -0.15) is 5.11 Å². The van der Waals surface area contributed by atoms with E-state index in [0.29, 0.717) is 12.1 Å². The van der Waals surface area contributed by atoms with Crippen molar-refractivity contribution in [1.82, 2.24) is 4.98 Å². The molecule has 0 aliphatic heterocycles. The summed E-state index contributed by atoms with van der Waals surface area (Å²) in [5.74, 6) is -0.508. The summed E-state index contributed by atoms with van der Waals surface area (Å²) >= 11 is 0. The van der Waals surface area contributed by atoms with Gasteiger partial charge >= 0.3 is 12.1 Å². The summed E-state index contributed by atoms with van der Waals surface area (Å²) in [5.41, 5.74) is 6.68. The normalized spacial score (nSPS) is 10.5. The minimum Gasteiger partial charge on any atom is -0.453 e. The third-order valence-electron chi connectivity index (χ3n) is 3.11. The first-order chi connectivity index (χ1) is 12.5. The number of esters is 1. The number of ether oxygens (including phenoxy) is 2. The molecule has 0 unspecified atom stereocenters. The fourth-order valence-corrected chi connectivity index (χ4v) is 1.88. The van der Waals surface area contributed by atoms with E-state index in [-0.39, 0.29) is 29.5 Å². The van der Waals surface area contributed by atoms with Crippen molar-refractivity contribution in [3.63, 3.8) is 0 Å². The first kappa shape index (κ1) is 18.8. The van der Waals surface area contributed by atoms with Gasteiger partial charge in [-0.15, -0.1) is 5.11 Å². The van der Waals surface area contributed by atoms with E-state index < -0.39 is 12.1 Å². The second-order valence-electron chi connectivity index (χ2n) is 5.12. The summed E-state index contributed by atoms with van der Waals surface area (Å²) in [4.78, 5) is 27.3. The molecular weight excluding hydrogens is 338 g/mol. The van der Waals surface area contributed by atoms with Gasteiger partial charge in [0, 0.05) is 12.5 Å². The number of nitrogens with zero attached hydrogens (tertiary/aromatic N) is 3. The van der Waals surface area contributed by atoms with Crippen LogP contribution >= 0.6 is 0 Å². The molecule has 9 nitrogen and oxygen atoms in total. The average molecular weight is 357 g/mol. The molecule has 0 aliphatic carbocycles. The lowest BCUT2D eigenvalue weighted by Gasteiger charge is -2.11. The van der Waals surface area contributed by atoms with Crippen molar-refractivity contribution < 1.29 is 19.1 Å². The van der Waals surface area contributed by atoms with Crippen molar-refractivity contribution >= 4 is 35.1 Å². The van der Waals surface area contributed by atoms with Crippen LogP contribution in [0.2, 0.25) is 0 Å². The zero-order chi connectivity index (χ0) is 18.9.